The van der Waals surface area contributed by atoms with Crippen LogP contribution < -0.4 is 4.52 Å². The molecule has 0 saturated carbocycles. The van der Waals surface area contributed by atoms with E-state index in [1.54, 1.807) is 13.2 Å². The molecule has 0 radical (unpaired) electrons. The van der Waals surface area contributed by atoms with Gasteiger partial charge in [-0.1, -0.05) is 24.3 Å². The summed E-state index contributed by atoms with van der Waals surface area (Å²) in [5.74, 6) is 0.623. The first-order valence-electron chi connectivity index (χ1n) is 7.74. The summed E-state index contributed by atoms with van der Waals surface area (Å²) in [6, 6.07) is 14.8. The van der Waals surface area contributed by atoms with Gasteiger partial charge in [-0.15, -0.1) is 0 Å². The van der Waals surface area contributed by atoms with Crippen molar-refractivity contribution < 1.29 is 19.5 Å². The molecule has 0 aliphatic carbocycles. The Balaban J connectivity index is 2.04. The Labute approximate surface area is 144 Å². The Bertz CT molecular complexity index is 638. The second kappa shape index (κ2) is 8.88. The van der Waals surface area contributed by atoms with Crippen LogP contribution in [0.4, 0.5) is 0 Å². The number of phenols is 2. The third kappa shape index (κ3) is 5.10. The van der Waals surface area contributed by atoms with Crippen LogP contribution in [0, 0.1) is 0 Å². The van der Waals surface area contributed by atoms with Crippen LogP contribution in [-0.4, -0.2) is 41.4 Å². The minimum absolute atomic E-state index is 0.0953. The number of aromatic hydroxyl groups is 2. The molecule has 0 saturated heterocycles. The molecule has 2 atom stereocenters. The molecule has 5 nitrogen and oxygen atoms in total. The molecule has 0 fully saturated rings. The van der Waals surface area contributed by atoms with Crippen molar-refractivity contribution in [1.29, 1.82) is 0 Å². The summed E-state index contributed by atoms with van der Waals surface area (Å²) in [5, 5.41) is 19.1. The average Bonchev–Trinajstić information content (AvgIpc) is 2.58. The van der Waals surface area contributed by atoms with E-state index >= 15 is 0 Å². The summed E-state index contributed by atoms with van der Waals surface area (Å²) in [7, 11) is 2.73. The van der Waals surface area contributed by atoms with Crippen LogP contribution >= 0.6 is 8.30 Å². The summed E-state index contributed by atoms with van der Waals surface area (Å²) in [6.45, 7) is 2.10. The van der Waals surface area contributed by atoms with Gasteiger partial charge in [-0.25, -0.2) is 4.67 Å². The lowest BCUT2D eigenvalue weighted by Gasteiger charge is -2.32. The van der Waals surface area contributed by atoms with Gasteiger partial charge in [0.15, 0.2) is 19.8 Å². The predicted octanol–water partition coefficient (Wildman–Crippen LogP) is 3.96. The van der Waals surface area contributed by atoms with Crippen LogP contribution in [0.1, 0.15) is 12.5 Å². The molecule has 0 aliphatic heterocycles. The van der Waals surface area contributed by atoms with E-state index in [0.29, 0.717) is 6.35 Å². The van der Waals surface area contributed by atoms with Crippen LogP contribution in [0.3, 0.4) is 0 Å². The van der Waals surface area contributed by atoms with E-state index in [1.165, 1.54) is 6.07 Å². The van der Waals surface area contributed by atoms with Gasteiger partial charge in [0.1, 0.15) is 12.1 Å². The molecule has 2 N–H and O–H groups in total. The first-order chi connectivity index (χ1) is 11.5. The number of nitrogens with zero attached hydrogens (tertiary/aromatic N) is 1. The van der Waals surface area contributed by atoms with Crippen LogP contribution in [-0.2, 0) is 11.2 Å². The molecule has 0 heterocycles. The quantitative estimate of drug-likeness (QED) is 0.558. The molecule has 0 amide bonds. The summed E-state index contributed by atoms with van der Waals surface area (Å²) < 4.78 is 13.6. The van der Waals surface area contributed by atoms with Gasteiger partial charge in [-0.2, -0.15) is 0 Å². The molecule has 24 heavy (non-hydrogen) atoms. The monoisotopic (exact) mass is 349 g/mol. The normalized spacial score (nSPS) is 13.7. The lowest BCUT2D eigenvalue weighted by atomic mass is 10.1. The molecular formula is C18H24NO4P. The Hall–Kier alpha value is -1.81. The summed E-state index contributed by atoms with van der Waals surface area (Å²) in [6.07, 6.45) is 1.23. The van der Waals surface area contributed by atoms with Crippen molar-refractivity contribution in [3.63, 3.8) is 0 Å². The molecule has 0 bridgehead atoms. The summed E-state index contributed by atoms with van der Waals surface area (Å²) in [4.78, 5) is 0. The largest absolute Gasteiger partial charge is 0.504 e. The molecule has 2 unspecified atom stereocenters. The number of hydrogen-bond acceptors (Lipinski definition) is 5. The Morgan fingerprint density at radius 3 is 2.42 bits per heavy atom. The van der Waals surface area contributed by atoms with Crippen LogP contribution in [0.15, 0.2) is 48.5 Å². The lowest BCUT2D eigenvalue weighted by molar-refractivity contribution is 0.236. The second-order valence-corrected chi connectivity index (χ2v) is 7.40. The molecule has 0 aliphatic rings. The van der Waals surface area contributed by atoms with Gasteiger partial charge >= 0.3 is 0 Å². The zero-order valence-corrected chi connectivity index (χ0v) is 15.1. The predicted molar refractivity (Wildman–Crippen MR) is 96.6 cm³/mol. The minimum Gasteiger partial charge on any atom is -0.504 e. The highest BCUT2D eigenvalue weighted by Crippen LogP contribution is 2.42. The van der Waals surface area contributed by atoms with Crippen molar-refractivity contribution in [2.45, 2.75) is 19.4 Å². The van der Waals surface area contributed by atoms with Crippen LogP contribution in [0.25, 0.3) is 0 Å². The standard InChI is InChI=1S/C18H24NO4P/c1-14(11-15-9-10-17(20)18(21)12-15)19(2)24(13-22-3)23-16-7-5-4-6-8-16/h4-10,12,14,20-21H,11,13H2,1-3H3. The van der Waals surface area contributed by atoms with Gasteiger partial charge in [0.25, 0.3) is 0 Å². The highest BCUT2D eigenvalue weighted by Gasteiger charge is 2.23. The van der Waals surface area contributed by atoms with E-state index in [9.17, 15) is 10.2 Å². The first kappa shape index (κ1) is 18.5. The average molecular weight is 349 g/mol. The highest BCUT2D eigenvalue weighted by atomic mass is 31.2. The molecule has 2 aromatic rings. The van der Waals surface area contributed by atoms with E-state index in [1.807, 2.05) is 43.4 Å². The van der Waals surface area contributed by atoms with Gasteiger partial charge in [0.05, 0.1) is 0 Å². The van der Waals surface area contributed by atoms with Gasteiger partial charge in [-0.05, 0) is 50.2 Å². The van der Waals surface area contributed by atoms with Crippen molar-refractivity contribution >= 4 is 8.30 Å². The maximum atomic E-state index is 9.64. The maximum absolute atomic E-state index is 9.64. The molecule has 0 aromatic heterocycles. The van der Waals surface area contributed by atoms with E-state index in [4.69, 9.17) is 9.26 Å². The van der Waals surface area contributed by atoms with Crippen molar-refractivity contribution in [2.24, 2.45) is 0 Å². The fraction of sp³-hybridized carbons (Fsp3) is 0.333. The maximum Gasteiger partial charge on any atom is 0.190 e. The molecule has 2 aromatic carbocycles. The number of rotatable bonds is 8. The van der Waals surface area contributed by atoms with Gasteiger partial charge in [0, 0.05) is 13.2 Å². The van der Waals surface area contributed by atoms with Crippen molar-refractivity contribution in [1.82, 2.24) is 4.67 Å². The SMILES string of the molecule is COCP(Oc1ccccc1)N(C)C(C)Cc1ccc(O)c(O)c1. The number of phenolic OH excluding ortho intramolecular Hbond substituents is 2. The zero-order chi connectivity index (χ0) is 17.5. The van der Waals surface area contributed by atoms with E-state index in [0.717, 1.165) is 17.7 Å². The zero-order valence-electron chi connectivity index (χ0n) is 14.2. The number of ether oxygens (including phenoxy) is 1. The third-order valence-electron chi connectivity index (χ3n) is 3.75. The van der Waals surface area contributed by atoms with Crippen molar-refractivity contribution in [3.8, 4) is 17.2 Å². The summed E-state index contributed by atoms with van der Waals surface area (Å²) in [5.41, 5.74) is 0.955. The summed E-state index contributed by atoms with van der Waals surface area (Å²) >= 11 is 0. The van der Waals surface area contributed by atoms with E-state index in [-0.39, 0.29) is 17.5 Å². The lowest BCUT2D eigenvalue weighted by Crippen LogP contribution is -2.29. The molecule has 2 rings (SSSR count). The van der Waals surface area contributed by atoms with Gasteiger partial charge in [0.2, 0.25) is 0 Å². The molecule has 6 heteroatoms. The molecule has 130 valence electrons. The van der Waals surface area contributed by atoms with Gasteiger partial charge < -0.3 is 19.5 Å². The highest BCUT2D eigenvalue weighted by molar-refractivity contribution is 7.50. The number of para-hydroxylation sites is 1. The first-order valence-corrected chi connectivity index (χ1v) is 9.14. The number of benzene rings is 2. The topological polar surface area (TPSA) is 62.2 Å². The van der Waals surface area contributed by atoms with E-state index < -0.39 is 8.30 Å². The third-order valence-corrected chi connectivity index (χ3v) is 5.75. The smallest absolute Gasteiger partial charge is 0.190 e. The van der Waals surface area contributed by atoms with Gasteiger partial charge in [-0.3, -0.25) is 0 Å². The van der Waals surface area contributed by atoms with Crippen LogP contribution in [0.5, 0.6) is 17.2 Å². The fourth-order valence-corrected chi connectivity index (χ4v) is 3.76. The number of hydrogen-bond donors (Lipinski definition) is 2. The second-order valence-electron chi connectivity index (χ2n) is 5.62. The Morgan fingerprint density at radius 1 is 1.08 bits per heavy atom. The van der Waals surface area contributed by atoms with Crippen molar-refractivity contribution in [2.75, 3.05) is 20.5 Å². The Morgan fingerprint density at radius 2 is 1.79 bits per heavy atom. The van der Waals surface area contributed by atoms with Crippen molar-refractivity contribution in [3.05, 3.63) is 54.1 Å². The molecule has 0 spiro atoms. The van der Waals surface area contributed by atoms with E-state index in [2.05, 4.69) is 11.6 Å². The fourth-order valence-electron chi connectivity index (χ4n) is 2.28. The number of likely N-dealkylation sites (N-methyl/N-ethyl adjacent to an activating group) is 1. The minimum atomic E-state index is -0.949. The van der Waals surface area contributed by atoms with Crippen LogP contribution in [0.2, 0.25) is 0 Å². The Kier molecular flexibility index (Phi) is 6.85. The number of methoxy groups -OCH3 is 1. The molecular weight excluding hydrogens is 325 g/mol.